The number of ether oxygens (including phenoxy) is 1. The molecule has 4 heteroatoms. The molecule has 1 aromatic carbocycles. The van der Waals surface area contributed by atoms with Gasteiger partial charge in [0.25, 0.3) is 0 Å². The van der Waals surface area contributed by atoms with E-state index in [0.717, 1.165) is 29.1 Å². The fourth-order valence-electron chi connectivity index (χ4n) is 1.67. The Morgan fingerprint density at radius 1 is 1.39 bits per heavy atom. The van der Waals surface area contributed by atoms with Gasteiger partial charge in [0.1, 0.15) is 4.91 Å². The minimum absolute atomic E-state index is 0.229. The number of carbonyl (C=O) groups is 1. The predicted molar refractivity (Wildman–Crippen MR) is 74.5 cm³/mol. The maximum atomic E-state index is 12.0. The Balaban J connectivity index is 2.08. The summed E-state index contributed by atoms with van der Waals surface area (Å²) in [4.78, 5) is 13.7. The second kappa shape index (κ2) is 5.96. The number of rotatable bonds is 4. The van der Waals surface area contributed by atoms with Gasteiger partial charge in [0, 0.05) is 10.6 Å². The highest BCUT2D eigenvalue weighted by Gasteiger charge is 2.22. The van der Waals surface area contributed by atoms with Crippen LogP contribution in [0.3, 0.4) is 0 Å². The molecule has 96 valence electrons. The van der Waals surface area contributed by atoms with Gasteiger partial charge in [0.05, 0.1) is 12.3 Å². The lowest BCUT2D eigenvalue weighted by Gasteiger charge is -2.20. The molecule has 0 unspecified atom stereocenters. The first-order valence-electron chi connectivity index (χ1n) is 6.14. The molecule has 0 atom stereocenters. The van der Waals surface area contributed by atoms with E-state index < -0.39 is 0 Å². The number of allylic oxidation sites excluding steroid dienone is 1. The maximum absolute atomic E-state index is 12.0. The highest BCUT2D eigenvalue weighted by atomic mass is 32.2. The van der Waals surface area contributed by atoms with E-state index in [1.807, 2.05) is 31.2 Å². The Morgan fingerprint density at radius 2 is 2.17 bits per heavy atom. The Labute approximate surface area is 112 Å². The molecule has 0 bridgehead atoms. The number of anilines is 1. The Hall–Kier alpha value is -1.42. The van der Waals surface area contributed by atoms with Gasteiger partial charge < -0.3 is 10.1 Å². The smallest absolute Gasteiger partial charge is 0.346 e. The Kier molecular flexibility index (Phi) is 4.31. The van der Waals surface area contributed by atoms with Crippen LogP contribution in [-0.4, -0.2) is 12.6 Å². The van der Waals surface area contributed by atoms with Crippen molar-refractivity contribution in [3.05, 3.63) is 34.9 Å². The first-order chi connectivity index (χ1) is 8.72. The zero-order chi connectivity index (χ0) is 13.0. The van der Waals surface area contributed by atoms with Crippen molar-refractivity contribution in [1.29, 1.82) is 0 Å². The molecular weight excluding hydrogens is 246 g/mol. The van der Waals surface area contributed by atoms with Crippen molar-refractivity contribution >= 4 is 23.4 Å². The zero-order valence-electron chi connectivity index (χ0n) is 10.7. The lowest BCUT2D eigenvalue weighted by atomic mass is 10.3. The van der Waals surface area contributed by atoms with Crippen molar-refractivity contribution in [2.24, 2.45) is 0 Å². The third kappa shape index (κ3) is 2.88. The summed E-state index contributed by atoms with van der Waals surface area (Å²) in [5, 5.41) is 3.24. The van der Waals surface area contributed by atoms with Crippen LogP contribution >= 0.6 is 11.8 Å². The lowest BCUT2D eigenvalue weighted by molar-refractivity contribution is -0.138. The number of unbranched alkanes of at least 4 members (excludes halogenated alkanes) is 1. The number of nitrogens with one attached hydrogen (secondary N) is 1. The van der Waals surface area contributed by atoms with Gasteiger partial charge in [-0.2, -0.15) is 0 Å². The number of carbonyl (C=O) groups excluding carboxylic acids is 1. The fourth-order valence-corrected chi connectivity index (χ4v) is 2.62. The van der Waals surface area contributed by atoms with Crippen LogP contribution in [0.5, 0.6) is 0 Å². The van der Waals surface area contributed by atoms with E-state index in [4.69, 9.17) is 4.74 Å². The van der Waals surface area contributed by atoms with Gasteiger partial charge in [-0.25, -0.2) is 4.79 Å². The van der Waals surface area contributed by atoms with Crippen LogP contribution in [-0.2, 0) is 9.53 Å². The van der Waals surface area contributed by atoms with E-state index in [0.29, 0.717) is 11.5 Å². The normalized spacial score (nSPS) is 13.9. The van der Waals surface area contributed by atoms with Crippen molar-refractivity contribution < 1.29 is 9.53 Å². The van der Waals surface area contributed by atoms with E-state index in [9.17, 15) is 4.79 Å². The summed E-state index contributed by atoms with van der Waals surface area (Å²) < 4.78 is 5.25. The van der Waals surface area contributed by atoms with Crippen molar-refractivity contribution in [1.82, 2.24) is 0 Å². The van der Waals surface area contributed by atoms with Crippen LogP contribution < -0.4 is 5.32 Å². The van der Waals surface area contributed by atoms with Gasteiger partial charge in [-0.15, -0.1) is 0 Å². The largest absolute Gasteiger partial charge is 0.462 e. The molecule has 1 aromatic rings. The van der Waals surface area contributed by atoms with Crippen LogP contribution in [0.4, 0.5) is 5.69 Å². The SMILES string of the molecule is CCCCOC(=O)C1=C(C)Nc2ccccc2S1. The molecule has 0 spiro atoms. The summed E-state index contributed by atoms with van der Waals surface area (Å²) in [6.07, 6.45) is 1.94. The van der Waals surface area contributed by atoms with E-state index in [1.54, 1.807) is 0 Å². The van der Waals surface area contributed by atoms with Gasteiger partial charge in [-0.3, -0.25) is 0 Å². The minimum Gasteiger partial charge on any atom is -0.462 e. The van der Waals surface area contributed by atoms with Crippen molar-refractivity contribution in [2.75, 3.05) is 11.9 Å². The van der Waals surface area contributed by atoms with Gasteiger partial charge in [0.15, 0.2) is 0 Å². The molecule has 1 N–H and O–H groups in total. The second-order valence-electron chi connectivity index (χ2n) is 4.17. The summed E-state index contributed by atoms with van der Waals surface area (Å²) in [5.41, 5.74) is 1.91. The summed E-state index contributed by atoms with van der Waals surface area (Å²) in [7, 11) is 0. The molecular formula is C14H17NO2S. The van der Waals surface area contributed by atoms with Crippen LogP contribution in [0.25, 0.3) is 0 Å². The molecule has 18 heavy (non-hydrogen) atoms. The number of hydrogen-bond acceptors (Lipinski definition) is 4. The first-order valence-corrected chi connectivity index (χ1v) is 6.96. The third-order valence-corrected chi connectivity index (χ3v) is 3.93. The summed E-state index contributed by atoms with van der Waals surface area (Å²) >= 11 is 1.47. The molecule has 2 rings (SSSR count). The monoisotopic (exact) mass is 263 g/mol. The zero-order valence-corrected chi connectivity index (χ0v) is 11.5. The number of benzene rings is 1. The van der Waals surface area contributed by atoms with Gasteiger partial charge in [-0.1, -0.05) is 37.2 Å². The summed E-state index contributed by atoms with van der Waals surface area (Å²) in [6, 6.07) is 7.95. The number of para-hydroxylation sites is 1. The number of fused-ring (bicyclic) bond motifs is 1. The fraction of sp³-hybridized carbons (Fsp3) is 0.357. The topological polar surface area (TPSA) is 38.3 Å². The lowest BCUT2D eigenvalue weighted by Crippen LogP contribution is -2.14. The molecule has 0 radical (unpaired) electrons. The highest BCUT2D eigenvalue weighted by molar-refractivity contribution is 8.04. The number of esters is 1. The van der Waals surface area contributed by atoms with Gasteiger partial charge in [0.2, 0.25) is 0 Å². The third-order valence-electron chi connectivity index (χ3n) is 2.68. The van der Waals surface area contributed by atoms with E-state index >= 15 is 0 Å². The van der Waals surface area contributed by atoms with Gasteiger partial charge in [-0.05, 0) is 25.5 Å². The summed E-state index contributed by atoms with van der Waals surface area (Å²) in [5.74, 6) is -0.229. The molecule has 1 heterocycles. The van der Waals surface area contributed by atoms with E-state index in [1.165, 1.54) is 11.8 Å². The Bertz CT molecular complexity index is 482. The highest BCUT2D eigenvalue weighted by Crippen LogP contribution is 2.39. The van der Waals surface area contributed by atoms with Crippen molar-refractivity contribution in [3.8, 4) is 0 Å². The Morgan fingerprint density at radius 3 is 2.94 bits per heavy atom. The van der Waals surface area contributed by atoms with E-state index in [2.05, 4.69) is 12.2 Å². The van der Waals surface area contributed by atoms with Crippen LogP contribution in [0.1, 0.15) is 26.7 Å². The quantitative estimate of drug-likeness (QED) is 0.662. The molecule has 0 saturated carbocycles. The van der Waals surface area contributed by atoms with Crippen LogP contribution in [0.15, 0.2) is 39.8 Å². The molecule has 0 aliphatic carbocycles. The average molecular weight is 263 g/mol. The van der Waals surface area contributed by atoms with Crippen LogP contribution in [0.2, 0.25) is 0 Å². The molecule has 0 aromatic heterocycles. The average Bonchev–Trinajstić information content (AvgIpc) is 2.38. The van der Waals surface area contributed by atoms with Crippen LogP contribution in [0, 0.1) is 0 Å². The van der Waals surface area contributed by atoms with E-state index in [-0.39, 0.29) is 5.97 Å². The molecule has 0 fully saturated rings. The molecule has 1 aliphatic rings. The molecule has 0 saturated heterocycles. The standard InChI is InChI=1S/C14H17NO2S/c1-3-4-9-17-14(16)13-10(2)15-11-7-5-6-8-12(11)18-13/h5-8,15H,3-4,9H2,1-2H3. The number of hydrogen-bond donors (Lipinski definition) is 1. The minimum atomic E-state index is -0.229. The predicted octanol–water partition coefficient (Wildman–Crippen LogP) is 3.78. The summed E-state index contributed by atoms with van der Waals surface area (Å²) in [6.45, 7) is 4.47. The molecule has 3 nitrogen and oxygen atoms in total. The maximum Gasteiger partial charge on any atom is 0.346 e. The van der Waals surface area contributed by atoms with Crippen molar-refractivity contribution in [3.63, 3.8) is 0 Å². The first kappa shape index (κ1) is 13.0. The van der Waals surface area contributed by atoms with Gasteiger partial charge >= 0.3 is 5.97 Å². The second-order valence-corrected chi connectivity index (χ2v) is 5.22. The molecule has 1 aliphatic heterocycles. The van der Waals surface area contributed by atoms with Crippen molar-refractivity contribution in [2.45, 2.75) is 31.6 Å². The molecule has 0 amide bonds. The number of thioether (sulfide) groups is 1.